The monoisotopic (exact) mass is 456 g/mol. The Morgan fingerprint density at radius 1 is 0.821 bits per heavy atom. The summed E-state index contributed by atoms with van der Waals surface area (Å²) in [6.07, 6.45) is 24.2. The van der Waals surface area contributed by atoms with Crippen LogP contribution in [0.1, 0.15) is 60.3 Å². The molecule has 148 valence electrons. The molecule has 0 aromatic carbocycles. The third kappa shape index (κ3) is 11.1. The molecule has 28 heavy (non-hydrogen) atoms. The molecule has 1 heterocycles. The van der Waals surface area contributed by atoms with Crippen LogP contribution in [-0.4, -0.2) is 18.3 Å². The van der Waals surface area contributed by atoms with Gasteiger partial charge in [0.2, 0.25) is 0 Å². The second-order valence-electron chi connectivity index (χ2n) is 7.61. The van der Waals surface area contributed by atoms with Gasteiger partial charge < -0.3 is 22.2 Å². The van der Waals surface area contributed by atoms with E-state index in [0.29, 0.717) is 0 Å². The minimum Gasteiger partial charge on any atom is -0.465 e. The first-order valence-corrected chi connectivity index (χ1v) is 9.92. The van der Waals surface area contributed by atoms with Crippen LogP contribution in [0.15, 0.2) is 5.57 Å². The van der Waals surface area contributed by atoms with Gasteiger partial charge in [0, 0.05) is 0 Å². The van der Waals surface area contributed by atoms with E-state index in [9.17, 15) is 0 Å². The largest absolute Gasteiger partial charge is 4.00 e. The Balaban J connectivity index is 0.000000535. The van der Waals surface area contributed by atoms with E-state index >= 15 is 0 Å². The molecule has 0 aromatic rings. The fourth-order valence-corrected chi connectivity index (χ4v) is 2.37. The van der Waals surface area contributed by atoms with Gasteiger partial charge in [-0.25, -0.2) is 0 Å². The van der Waals surface area contributed by atoms with Gasteiger partial charge in [0.15, 0.2) is 0 Å². The number of unbranched alkanes of at least 4 members (excludes halogenated alkanes) is 1. The molecule has 0 atom stereocenters. The Kier molecular flexibility index (Phi) is 15.8. The Morgan fingerprint density at radius 2 is 1.18 bits per heavy atom. The number of hydrogen-bond acceptors (Lipinski definition) is 2. The molecule has 1 aliphatic heterocycles. The maximum absolute atomic E-state index is 5.89. The molecule has 3 fully saturated rings. The van der Waals surface area contributed by atoms with Gasteiger partial charge in [-0.15, -0.1) is 0 Å². The van der Waals surface area contributed by atoms with Crippen molar-refractivity contribution in [3.05, 3.63) is 82.7 Å². The van der Waals surface area contributed by atoms with Crippen LogP contribution < -0.4 is 0 Å². The molecule has 0 spiro atoms. The minimum atomic E-state index is -0.339. The van der Waals surface area contributed by atoms with Crippen molar-refractivity contribution in [2.24, 2.45) is 0 Å². The predicted molar refractivity (Wildman–Crippen MR) is 115 cm³/mol. The Hall–Kier alpha value is 0.608. The van der Waals surface area contributed by atoms with Crippen LogP contribution in [0.2, 0.25) is 0 Å². The molecular formula is C24H35BO2Zr+2. The fraction of sp³-hybridized carbons (Fsp3) is 0.458. The second kappa shape index (κ2) is 15.4. The van der Waals surface area contributed by atoms with Crippen molar-refractivity contribution in [2.45, 2.75) is 71.5 Å². The van der Waals surface area contributed by atoms with E-state index in [1.54, 1.807) is 0 Å². The van der Waals surface area contributed by atoms with Gasteiger partial charge in [0.05, 0.1) is 11.2 Å². The first-order valence-electron chi connectivity index (χ1n) is 9.92. The molecule has 3 aliphatic rings. The van der Waals surface area contributed by atoms with Gasteiger partial charge in [0.1, 0.15) is 0 Å². The van der Waals surface area contributed by atoms with Crippen LogP contribution in [0, 0.1) is 77.1 Å². The maximum Gasteiger partial charge on any atom is 4.00 e. The van der Waals surface area contributed by atoms with E-state index in [1.165, 1.54) is 18.4 Å². The molecule has 0 amide bonds. The first-order chi connectivity index (χ1) is 12.8. The molecule has 10 radical (unpaired) electrons. The average Bonchev–Trinajstić information content (AvgIpc) is 3.37. The van der Waals surface area contributed by atoms with Crippen LogP contribution >= 0.6 is 0 Å². The standard InChI is InChI=1S/C14H25BO2.2C5H5.Zr/c1-7-9-10-12(8-2)11-15-16-13(3,4)14(5,6)17-15;2*1-2-4-5-3-1;/h2,7-10H2,1,3-6H3;2*1-5H;/q-2;;;+4. The molecular weight excluding hydrogens is 422 g/mol. The zero-order valence-corrected chi connectivity index (χ0v) is 20.7. The van der Waals surface area contributed by atoms with Crippen LogP contribution in [0.25, 0.3) is 0 Å². The molecule has 3 rings (SSSR count). The third-order valence-corrected chi connectivity index (χ3v) is 4.82. The quantitative estimate of drug-likeness (QED) is 0.384. The summed E-state index contributed by atoms with van der Waals surface area (Å²) in [6, 6.07) is 0. The summed E-state index contributed by atoms with van der Waals surface area (Å²) in [5.41, 5.74) is 0.661. The number of hydrogen-bond donors (Lipinski definition) is 0. The molecule has 2 aliphatic carbocycles. The summed E-state index contributed by atoms with van der Waals surface area (Å²) in [7, 11) is -0.339. The Labute approximate surface area is 196 Å². The molecule has 4 heteroatoms. The third-order valence-electron chi connectivity index (χ3n) is 4.82. The van der Waals surface area contributed by atoms with Crippen molar-refractivity contribution in [3.8, 4) is 0 Å². The zero-order valence-electron chi connectivity index (χ0n) is 18.2. The number of rotatable bonds is 5. The van der Waals surface area contributed by atoms with E-state index in [4.69, 9.17) is 9.31 Å². The van der Waals surface area contributed by atoms with Gasteiger partial charge in [-0.3, -0.25) is 5.57 Å². The van der Waals surface area contributed by atoms with Crippen molar-refractivity contribution < 1.29 is 35.5 Å². The average molecular weight is 458 g/mol. The molecule has 0 aromatic heterocycles. The zero-order chi connectivity index (χ0) is 20.2. The summed E-state index contributed by atoms with van der Waals surface area (Å²) in [5.74, 6) is 3.32. The van der Waals surface area contributed by atoms with Crippen LogP contribution in [0.3, 0.4) is 0 Å². The van der Waals surface area contributed by atoms with E-state index in [0.717, 1.165) is 12.8 Å². The smallest absolute Gasteiger partial charge is 0.465 e. The van der Waals surface area contributed by atoms with E-state index in [-0.39, 0.29) is 44.5 Å². The second-order valence-corrected chi connectivity index (χ2v) is 7.61. The van der Waals surface area contributed by atoms with Gasteiger partial charge >= 0.3 is 26.2 Å². The fourth-order valence-electron chi connectivity index (χ4n) is 2.37. The van der Waals surface area contributed by atoms with Gasteiger partial charge in [-0.2, -0.15) is 6.42 Å². The maximum atomic E-state index is 5.89. The van der Waals surface area contributed by atoms with E-state index in [1.807, 2.05) is 64.2 Å². The Bertz CT molecular complexity index is 372. The van der Waals surface area contributed by atoms with Crippen LogP contribution in [-0.2, 0) is 35.5 Å². The first kappa shape index (κ1) is 28.6. The van der Waals surface area contributed by atoms with Gasteiger partial charge in [-0.05, 0) is 91.9 Å². The van der Waals surface area contributed by atoms with E-state index < -0.39 is 0 Å². The Morgan fingerprint density at radius 3 is 1.46 bits per heavy atom. The summed E-state index contributed by atoms with van der Waals surface area (Å²) >= 11 is 0. The van der Waals surface area contributed by atoms with Gasteiger partial charge in [0.25, 0.3) is 7.12 Å². The summed E-state index contributed by atoms with van der Waals surface area (Å²) in [4.78, 5) is 0. The SMILES string of the molecule is [CH2-]CC(=[C-]B1OC(C)(C)C(C)(C)O1)CCCC.[CH]1[CH][CH][CH][CH]1.[CH]1[CH][CH][CH][CH]1.[Zr+4]. The molecule has 2 nitrogen and oxygen atoms in total. The van der Waals surface area contributed by atoms with Crippen LogP contribution in [0.5, 0.6) is 0 Å². The van der Waals surface area contributed by atoms with E-state index in [2.05, 4.69) is 47.5 Å². The molecule has 2 saturated carbocycles. The molecule has 0 unspecified atom stereocenters. The van der Waals surface area contributed by atoms with Crippen molar-refractivity contribution >= 4 is 7.12 Å². The molecule has 0 bridgehead atoms. The summed E-state index contributed by atoms with van der Waals surface area (Å²) < 4.78 is 11.8. The van der Waals surface area contributed by atoms with Gasteiger partial charge in [-0.1, -0.05) is 26.2 Å². The topological polar surface area (TPSA) is 18.5 Å². The van der Waals surface area contributed by atoms with Crippen molar-refractivity contribution in [3.63, 3.8) is 0 Å². The van der Waals surface area contributed by atoms with Crippen molar-refractivity contribution in [1.82, 2.24) is 0 Å². The molecule has 1 saturated heterocycles. The summed E-state index contributed by atoms with van der Waals surface area (Å²) in [6.45, 7) is 14.4. The molecule has 0 N–H and O–H groups in total. The summed E-state index contributed by atoms with van der Waals surface area (Å²) in [5, 5.41) is 0. The predicted octanol–water partition coefficient (Wildman–Crippen LogP) is 5.80. The normalized spacial score (nSPS) is 22.6. The van der Waals surface area contributed by atoms with Crippen LogP contribution in [0.4, 0.5) is 0 Å². The minimum absolute atomic E-state index is 0. The number of allylic oxidation sites excluding steroid dienone is 1. The van der Waals surface area contributed by atoms with Crippen molar-refractivity contribution in [1.29, 1.82) is 0 Å². The van der Waals surface area contributed by atoms with Crippen molar-refractivity contribution in [2.75, 3.05) is 0 Å².